The first-order chi connectivity index (χ1) is 11.5. The van der Waals surface area contributed by atoms with E-state index in [2.05, 4.69) is 14.9 Å². The van der Waals surface area contributed by atoms with Gasteiger partial charge in [0.1, 0.15) is 0 Å². The van der Waals surface area contributed by atoms with Crippen molar-refractivity contribution in [3.05, 3.63) is 18.5 Å². The van der Waals surface area contributed by atoms with Crippen LogP contribution in [0, 0.1) is 0 Å². The highest BCUT2D eigenvalue weighted by atomic mass is 16.5. The molecule has 0 unspecified atom stereocenters. The smallest absolute Gasteiger partial charge is 0.256 e. The summed E-state index contributed by atoms with van der Waals surface area (Å²) in [5.74, 6) is 0.609. The molecule has 2 aliphatic heterocycles. The number of hydrogen-bond donors (Lipinski definition) is 0. The number of anilines is 1. The van der Waals surface area contributed by atoms with Gasteiger partial charge in [-0.1, -0.05) is 0 Å². The predicted molar refractivity (Wildman–Crippen MR) is 87.4 cm³/mol. The fourth-order valence-electron chi connectivity index (χ4n) is 3.17. The van der Waals surface area contributed by atoms with Crippen LogP contribution in [0.15, 0.2) is 18.5 Å². The topological polar surface area (TPSA) is 78.9 Å². The Bertz CT molecular complexity index is 603. The quantitative estimate of drug-likeness (QED) is 0.743. The van der Waals surface area contributed by atoms with Gasteiger partial charge in [-0.15, -0.1) is 0 Å². The molecule has 0 aromatic carbocycles. The van der Waals surface area contributed by atoms with Gasteiger partial charge in [0.2, 0.25) is 11.9 Å². The minimum Gasteiger partial charge on any atom is -0.362 e. The lowest BCUT2D eigenvalue weighted by Crippen LogP contribution is -2.62. The second-order valence-corrected chi connectivity index (χ2v) is 6.35. The Morgan fingerprint density at radius 3 is 2.38 bits per heavy atom. The van der Waals surface area contributed by atoms with Crippen molar-refractivity contribution in [1.29, 1.82) is 0 Å². The summed E-state index contributed by atoms with van der Waals surface area (Å²) in [6.07, 6.45) is 3.43. The van der Waals surface area contributed by atoms with Crippen molar-refractivity contribution in [2.45, 2.75) is 19.4 Å². The summed E-state index contributed by atoms with van der Waals surface area (Å²) in [7, 11) is 0. The Morgan fingerprint density at radius 1 is 1.08 bits per heavy atom. The van der Waals surface area contributed by atoms with Crippen molar-refractivity contribution >= 4 is 17.8 Å². The average Bonchev–Trinajstić information content (AvgIpc) is 2.62. The first kappa shape index (κ1) is 16.6. The minimum atomic E-state index is -0.963. The van der Waals surface area contributed by atoms with Crippen LogP contribution in [-0.2, 0) is 14.3 Å². The summed E-state index contributed by atoms with van der Waals surface area (Å²) in [6.45, 7) is 7.09. The maximum absolute atomic E-state index is 12.9. The fourth-order valence-corrected chi connectivity index (χ4v) is 3.17. The van der Waals surface area contributed by atoms with Crippen LogP contribution in [0.4, 0.5) is 5.95 Å². The molecule has 1 atom stereocenters. The van der Waals surface area contributed by atoms with Gasteiger partial charge in [-0.2, -0.15) is 0 Å². The molecule has 2 amide bonds. The summed E-state index contributed by atoms with van der Waals surface area (Å²) < 4.78 is 5.75. The third-order valence-corrected chi connectivity index (χ3v) is 4.57. The van der Waals surface area contributed by atoms with E-state index in [-0.39, 0.29) is 11.8 Å². The highest BCUT2D eigenvalue weighted by Crippen LogP contribution is 2.22. The van der Waals surface area contributed by atoms with E-state index in [0.717, 1.165) is 0 Å². The summed E-state index contributed by atoms with van der Waals surface area (Å²) >= 11 is 0. The van der Waals surface area contributed by atoms with Crippen molar-refractivity contribution in [3.8, 4) is 0 Å². The van der Waals surface area contributed by atoms with Crippen molar-refractivity contribution in [2.24, 2.45) is 0 Å². The number of amides is 2. The number of nitrogens with zero attached hydrogens (tertiary/aromatic N) is 5. The van der Waals surface area contributed by atoms with Crippen LogP contribution in [0.25, 0.3) is 0 Å². The van der Waals surface area contributed by atoms with Gasteiger partial charge >= 0.3 is 0 Å². The highest BCUT2D eigenvalue weighted by Gasteiger charge is 2.43. The Kier molecular flexibility index (Phi) is 4.66. The Morgan fingerprint density at radius 2 is 1.75 bits per heavy atom. The lowest BCUT2D eigenvalue weighted by atomic mass is 10.0. The van der Waals surface area contributed by atoms with Gasteiger partial charge in [0.15, 0.2) is 5.60 Å². The summed E-state index contributed by atoms with van der Waals surface area (Å²) in [5.41, 5.74) is -0.963. The van der Waals surface area contributed by atoms with Crippen LogP contribution in [0.2, 0.25) is 0 Å². The number of carbonyl (C=O) groups is 2. The zero-order valence-corrected chi connectivity index (χ0v) is 14.1. The summed E-state index contributed by atoms with van der Waals surface area (Å²) in [4.78, 5) is 38.6. The van der Waals surface area contributed by atoms with Crippen LogP contribution >= 0.6 is 0 Å². The summed E-state index contributed by atoms with van der Waals surface area (Å²) in [5, 5.41) is 0. The zero-order valence-electron chi connectivity index (χ0n) is 14.1. The highest BCUT2D eigenvalue weighted by molar-refractivity contribution is 5.86. The van der Waals surface area contributed by atoms with Crippen molar-refractivity contribution in [1.82, 2.24) is 19.8 Å². The van der Waals surface area contributed by atoms with E-state index < -0.39 is 5.60 Å². The van der Waals surface area contributed by atoms with Crippen molar-refractivity contribution in [3.63, 3.8) is 0 Å². The fraction of sp³-hybridized carbons (Fsp3) is 0.625. The molecule has 24 heavy (non-hydrogen) atoms. The molecule has 0 spiro atoms. The lowest BCUT2D eigenvalue weighted by molar-refractivity contribution is -0.171. The number of hydrogen-bond acceptors (Lipinski definition) is 6. The van der Waals surface area contributed by atoms with Gasteiger partial charge in [-0.05, 0) is 13.0 Å². The maximum Gasteiger partial charge on any atom is 0.256 e. The predicted octanol–water partition coefficient (Wildman–Crippen LogP) is -0.237. The standard InChI is InChI=1S/C16H23N5O3/c1-13(22)21-10-11-24-16(2,12-21)14(23)19-6-8-20(9-7-19)15-17-4-3-5-18-15/h3-5H,6-12H2,1-2H3/t16-/m1/s1. The van der Waals surface area contributed by atoms with Crippen LogP contribution in [0.3, 0.4) is 0 Å². The molecule has 0 radical (unpaired) electrons. The van der Waals surface area contributed by atoms with Gasteiger partial charge < -0.3 is 19.4 Å². The number of aromatic nitrogens is 2. The van der Waals surface area contributed by atoms with E-state index in [1.165, 1.54) is 6.92 Å². The Labute approximate surface area is 141 Å². The molecule has 8 heteroatoms. The molecule has 1 aromatic heterocycles. The zero-order chi connectivity index (χ0) is 17.2. The number of ether oxygens (including phenoxy) is 1. The van der Waals surface area contributed by atoms with E-state index in [1.807, 2.05) is 4.90 Å². The number of rotatable bonds is 2. The average molecular weight is 333 g/mol. The first-order valence-electron chi connectivity index (χ1n) is 8.20. The van der Waals surface area contributed by atoms with E-state index >= 15 is 0 Å². The largest absolute Gasteiger partial charge is 0.362 e. The molecule has 2 saturated heterocycles. The van der Waals surface area contributed by atoms with Crippen LogP contribution < -0.4 is 4.90 Å². The molecule has 1 aromatic rings. The van der Waals surface area contributed by atoms with E-state index in [4.69, 9.17) is 4.74 Å². The molecule has 0 N–H and O–H groups in total. The monoisotopic (exact) mass is 333 g/mol. The van der Waals surface area contributed by atoms with E-state index in [9.17, 15) is 9.59 Å². The van der Waals surface area contributed by atoms with E-state index in [0.29, 0.717) is 51.8 Å². The van der Waals surface area contributed by atoms with Crippen LogP contribution in [0.1, 0.15) is 13.8 Å². The SMILES string of the molecule is CC(=O)N1CCO[C@@](C)(C(=O)N2CCN(c3ncccn3)CC2)C1. The second kappa shape index (κ2) is 6.72. The van der Waals surface area contributed by atoms with Crippen LogP contribution in [0.5, 0.6) is 0 Å². The molecule has 0 bridgehead atoms. The van der Waals surface area contributed by atoms with Gasteiger partial charge in [0.05, 0.1) is 13.2 Å². The third-order valence-electron chi connectivity index (χ3n) is 4.57. The molecule has 0 aliphatic carbocycles. The maximum atomic E-state index is 12.9. The van der Waals surface area contributed by atoms with Gasteiger partial charge in [0, 0.05) is 52.0 Å². The van der Waals surface area contributed by atoms with Gasteiger partial charge in [0.25, 0.3) is 5.91 Å². The molecular formula is C16H23N5O3. The first-order valence-corrected chi connectivity index (χ1v) is 8.20. The Balaban J connectivity index is 1.61. The number of morpholine rings is 1. The van der Waals surface area contributed by atoms with E-state index in [1.54, 1.807) is 30.3 Å². The normalized spacial score (nSPS) is 24.8. The molecule has 8 nitrogen and oxygen atoms in total. The number of piperazine rings is 1. The van der Waals surface area contributed by atoms with Crippen molar-refractivity contribution in [2.75, 3.05) is 50.8 Å². The molecule has 0 saturated carbocycles. The Hall–Kier alpha value is -2.22. The molecule has 2 aliphatic rings. The third kappa shape index (κ3) is 3.33. The van der Waals surface area contributed by atoms with Crippen LogP contribution in [-0.4, -0.2) is 83.1 Å². The lowest BCUT2D eigenvalue weighted by Gasteiger charge is -2.43. The van der Waals surface area contributed by atoms with Gasteiger partial charge in [-0.25, -0.2) is 9.97 Å². The molecule has 2 fully saturated rings. The van der Waals surface area contributed by atoms with Gasteiger partial charge in [-0.3, -0.25) is 9.59 Å². The molecule has 130 valence electrons. The number of carbonyl (C=O) groups excluding carboxylic acids is 2. The molecule has 3 heterocycles. The summed E-state index contributed by atoms with van der Waals surface area (Å²) in [6, 6.07) is 1.78. The second-order valence-electron chi connectivity index (χ2n) is 6.35. The molecular weight excluding hydrogens is 310 g/mol. The van der Waals surface area contributed by atoms with Crippen molar-refractivity contribution < 1.29 is 14.3 Å². The minimum absolute atomic E-state index is 0.0247. The molecule has 3 rings (SSSR count).